The second kappa shape index (κ2) is 7.46. The molecule has 0 unspecified atom stereocenters. The van der Waals surface area contributed by atoms with E-state index in [1.165, 1.54) is 4.90 Å². The van der Waals surface area contributed by atoms with Gasteiger partial charge in [-0.25, -0.2) is 4.39 Å². The minimum Gasteiger partial charge on any atom is -0.395 e. The molecule has 0 aliphatic rings. The maximum absolute atomic E-state index is 13.4. The number of nitro benzene ring substituents is 1. The monoisotopic (exact) mass is 318 g/mol. The van der Waals surface area contributed by atoms with Crippen LogP contribution in [0.15, 0.2) is 48.5 Å². The highest BCUT2D eigenvalue weighted by Gasteiger charge is 2.25. The van der Waals surface area contributed by atoms with Crippen LogP contribution >= 0.6 is 0 Å². The predicted molar refractivity (Wildman–Crippen MR) is 81.3 cm³/mol. The summed E-state index contributed by atoms with van der Waals surface area (Å²) < 4.78 is 13.4. The zero-order valence-electron chi connectivity index (χ0n) is 12.2. The average Bonchev–Trinajstić information content (AvgIpc) is 2.54. The summed E-state index contributed by atoms with van der Waals surface area (Å²) in [5.41, 5.74) is 0.000128. The highest BCUT2D eigenvalue weighted by atomic mass is 19.1. The van der Waals surface area contributed by atoms with Crippen molar-refractivity contribution < 1.29 is 19.2 Å². The highest BCUT2D eigenvalue weighted by Crippen LogP contribution is 2.22. The van der Waals surface area contributed by atoms with Crippen molar-refractivity contribution in [1.29, 1.82) is 0 Å². The van der Waals surface area contributed by atoms with E-state index in [2.05, 4.69) is 0 Å². The van der Waals surface area contributed by atoms with Gasteiger partial charge in [0, 0.05) is 19.2 Å². The van der Waals surface area contributed by atoms with Crippen LogP contribution in [0.4, 0.5) is 10.1 Å². The number of hydrogen-bond donors (Lipinski definition) is 1. The number of aliphatic hydroxyl groups is 1. The molecule has 120 valence electrons. The standard InChI is InChI=1S/C16H15FN2O4/c17-13-6-7-15(19(22)23)14(10-13)16(21)18(8-9-20)11-12-4-2-1-3-5-12/h1-7,10,20H,8-9,11H2. The van der Waals surface area contributed by atoms with E-state index in [9.17, 15) is 19.3 Å². The summed E-state index contributed by atoms with van der Waals surface area (Å²) in [4.78, 5) is 24.1. The molecule has 0 radical (unpaired) electrons. The van der Waals surface area contributed by atoms with Crippen LogP contribution < -0.4 is 0 Å². The summed E-state index contributed by atoms with van der Waals surface area (Å²) >= 11 is 0. The number of amides is 1. The van der Waals surface area contributed by atoms with Gasteiger partial charge in [-0.05, 0) is 17.7 Å². The molecule has 2 aromatic rings. The van der Waals surface area contributed by atoms with Crippen LogP contribution in [0.3, 0.4) is 0 Å². The van der Waals surface area contributed by atoms with Gasteiger partial charge in [0.1, 0.15) is 11.4 Å². The third-order valence-corrected chi connectivity index (χ3v) is 3.26. The lowest BCUT2D eigenvalue weighted by molar-refractivity contribution is -0.385. The topological polar surface area (TPSA) is 83.7 Å². The van der Waals surface area contributed by atoms with Gasteiger partial charge in [-0.3, -0.25) is 14.9 Å². The van der Waals surface area contributed by atoms with Gasteiger partial charge in [0.2, 0.25) is 0 Å². The Bertz CT molecular complexity index is 706. The van der Waals surface area contributed by atoms with Crippen LogP contribution in [0.2, 0.25) is 0 Å². The van der Waals surface area contributed by atoms with Crippen molar-refractivity contribution >= 4 is 11.6 Å². The molecule has 0 spiro atoms. The number of nitro groups is 1. The molecule has 0 heterocycles. The number of rotatable bonds is 6. The van der Waals surface area contributed by atoms with Crippen LogP contribution in [0.25, 0.3) is 0 Å². The molecule has 2 rings (SSSR count). The molecule has 0 saturated heterocycles. The maximum Gasteiger partial charge on any atom is 0.282 e. The molecule has 0 saturated carbocycles. The van der Waals surface area contributed by atoms with Crippen LogP contribution in [-0.2, 0) is 6.54 Å². The Labute approximate surface area is 131 Å². The zero-order valence-corrected chi connectivity index (χ0v) is 12.2. The van der Waals surface area contributed by atoms with Crippen molar-refractivity contribution in [1.82, 2.24) is 4.90 Å². The van der Waals surface area contributed by atoms with Gasteiger partial charge < -0.3 is 10.0 Å². The second-order valence-corrected chi connectivity index (χ2v) is 4.85. The largest absolute Gasteiger partial charge is 0.395 e. The Morgan fingerprint density at radius 1 is 1.22 bits per heavy atom. The quantitative estimate of drug-likeness (QED) is 0.654. The van der Waals surface area contributed by atoms with E-state index in [4.69, 9.17) is 5.11 Å². The van der Waals surface area contributed by atoms with Gasteiger partial charge >= 0.3 is 0 Å². The molecule has 0 aliphatic carbocycles. The van der Waals surface area contributed by atoms with Crippen molar-refractivity contribution in [3.05, 3.63) is 75.6 Å². The third-order valence-electron chi connectivity index (χ3n) is 3.26. The molecule has 1 N–H and O–H groups in total. The molecule has 0 atom stereocenters. The molecule has 7 heteroatoms. The summed E-state index contributed by atoms with van der Waals surface area (Å²) in [6.45, 7) is -0.156. The van der Waals surface area contributed by atoms with Crippen LogP contribution in [-0.4, -0.2) is 34.0 Å². The number of hydrogen-bond acceptors (Lipinski definition) is 4. The minimum atomic E-state index is -0.734. The fourth-order valence-electron chi connectivity index (χ4n) is 2.19. The summed E-state index contributed by atoms with van der Waals surface area (Å²) in [5, 5.41) is 20.2. The van der Waals surface area contributed by atoms with E-state index in [0.29, 0.717) is 0 Å². The number of benzene rings is 2. The fourth-order valence-corrected chi connectivity index (χ4v) is 2.19. The summed E-state index contributed by atoms with van der Waals surface area (Å²) in [6.07, 6.45) is 0. The summed E-state index contributed by atoms with van der Waals surface area (Å²) in [6, 6.07) is 11.7. The zero-order chi connectivity index (χ0) is 16.8. The number of aliphatic hydroxyl groups excluding tert-OH is 1. The van der Waals surface area contributed by atoms with Crippen LogP contribution in [0, 0.1) is 15.9 Å². The van der Waals surface area contributed by atoms with E-state index in [1.807, 2.05) is 6.07 Å². The first-order chi connectivity index (χ1) is 11.0. The van der Waals surface area contributed by atoms with E-state index >= 15 is 0 Å². The minimum absolute atomic E-state index is 0.0125. The molecule has 0 aliphatic heterocycles. The molecular formula is C16H15FN2O4. The Kier molecular flexibility index (Phi) is 5.37. The van der Waals surface area contributed by atoms with Gasteiger partial charge in [-0.2, -0.15) is 0 Å². The van der Waals surface area contributed by atoms with Gasteiger partial charge in [-0.1, -0.05) is 30.3 Å². The van der Waals surface area contributed by atoms with Crippen molar-refractivity contribution in [3.8, 4) is 0 Å². The molecule has 1 amide bonds. The highest BCUT2D eigenvalue weighted by molar-refractivity contribution is 5.98. The van der Waals surface area contributed by atoms with Gasteiger partial charge in [-0.15, -0.1) is 0 Å². The third kappa shape index (κ3) is 4.10. The lowest BCUT2D eigenvalue weighted by atomic mass is 10.1. The SMILES string of the molecule is O=C(c1cc(F)ccc1[N+](=O)[O-])N(CCO)Cc1ccccc1. The first-order valence-electron chi connectivity index (χ1n) is 6.91. The predicted octanol–water partition coefficient (Wildman–Crippen LogP) is 2.37. The van der Waals surface area contributed by atoms with Crippen molar-refractivity contribution in [3.63, 3.8) is 0 Å². The first-order valence-corrected chi connectivity index (χ1v) is 6.91. The van der Waals surface area contributed by atoms with Crippen molar-refractivity contribution in [2.24, 2.45) is 0 Å². The van der Waals surface area contributed by atoms with Gasteiger partial charge in [0.15, 0.2) is 0 Å². The average molecular weight is 318 g/mol. The second-order valence-electron chi connectivity index (χ2n) is 4.85. The van der Waals surface area contributed by atoms with Crippen LogP contribution in [0.1, 0.15) is 15.9 Å². The van der Waals surface area contributed by atoms with E-state index in [1.54, 1.807) is 24.3 Å². The Hall–Kier alpha value is -2.80. The van der Waals surface area contributed by atoms with Gasteiger partial charge in [0.25, 0.3) is 11.6 Å². The molecule has 0 fully saturated rings. The lowest BCUT2D eigenvalue weighted by Gasteiger charge is -2.22. The number of carbonyl (C=O) groups is 1. The molecular weight excluding hydrogens is 303 g/mol. The van der Waals surface area contributed by atoms with Crippen LogP contribution in [0.5, 0.6) is 0 Å². The van der Waals surface area contributed by atoms with E-state index in [0.717, 1.165) is 23.8 Å². The Morgan fingerprint density at radius 2 is 1.91 bits per heavy atom. The number of carbonyl (C=O) groups excluding carboxylic acids is 1. The summed E-state index contributed by atoms with van der Waals surface area (Å²) in [7, 11) is 0. The first kappa shape index (κ1) is 16.6. The Balaban J connectivity index is 2.34. The normalized spacial score (nSPS) is 10.3. The number of nitrogens with zero attached hydrogens (tertiary/aromatic N) is 2. The summed E-state index contributed by atoms with van der Waals surface area (Å²) in [5.74, 6) is -1.43. The Morgan fingerprint density at radius 3 is 2.52 bits per heavy atom. The van der Waals surface area contributed by atoms with E-state index < -0.39 is 22.3 Å². The van der Waals surface area contributed by atoms with Crippen molar-refractivity contribution in [2.45, 2.75) is 6.54 Å². The smallest absolute Gasteiger partial charge is 0.282 e. The molecule has 0 aromatic heterocycles. The number of halogens is 1. The van der Waals surface area contributed by atoms with E-state index in [-0.39, 0.29) is 25.3 Å². The molecule has 23 heavy (non-hydrogen) atoms. The van der Waals surface area contributed by atoms with Crippen molar-refractivity contribution in [2.75, 3.05) is 13.2 Å². The maximum atomic E-state index is 13.4. The lowest BCUT2D eigenvalue weighted by Crippen LogP contribution is -2.33. The molecule has 0 bridgehead atoms. The molecule has 6 nitrogen and oxygen atoms in total. The molecule has 2 aromatic carbocycles. The fraction of sp³-hybridized carbons (Fsp3) is 0.188. The van der Waals surface area contributed by atoms with Gasteiger partial charge in [0.05, 0.1) is 11.5 Å².